The van der Waals surface area contributed by atoms with Crippen molar-refractivity contribution >= 4 is 16.9 Å². The fraction of sp³-hybridized carbons (Fsp3) is 0.364. The maximum Gasteiger partial charge on any atom is 0.219 e. The van der Waals surface area contributed by atoms with Gasteiger partial charge < -0.3 is 5.11 Å². The second-order valence-corrected chi connectivity index (χ2v) is 3.75. The molecular formula is C11H14O2S. The van der Waals surface area contributed by atoms with Gasteiger partial charge in [-0.25, -0.2) is 0 Å². The molecule has 3 heteroatoms. The van der Waals surface area contributed by atoms with E-state index in [-0.39, 0.29) is 11.7 Å². The van der Waals surface area contributed by atoms with Gasteiger partial charge in [0, 0.05) is 12.2 Å². The lowest BCUT2D eigenvalue weighted by molar-refractivity contribution is 0.108. The van der Waals surface area contributed by atoms with Crippen LogP contribution < -0.4 is 0 Å². The van der Waals surface area contributed by atoms with E-state index in [4.69, 9.17) is 5.11 Å². The van der Waals surface area contributed by atoms with Crippen molar-refractivity contribution in [3.05, 3.63) is 35.4 Å². The quantitative estimate of drug-likeness (QED) is 0.827. The number of carbonyl (C=O) groups is 1. The first-order valence-electron chi connectivity index (χ1n) is 4.56. The minimum atomic E-state index is 0.0959. The summed E-state index contributed by atoms with van der Waals surface area (Å²) in [5, 5.41) is 8.82. The predicted octanol–water partition coefficient (Wildman–Crippen LogP) is 2.11. The number of hydrogen-bond acceptors (Lipinski definition) is 3. The van der Waals surface area contributed by atoms with Crippen LogP contribution in [0.25, 0.3) is 0 Å². The van der Waals surface area contributed by atoms with Crippen LogP contribution in [0.1, 0.15) is 22.3 Å². The lowest BCUT2D eigenvalue weighted by Crippen LogP contribution is -2.00. The zero-order valence-corrected chi connectivity index (χ0v) is 9.01. The van der Waals surface area contributed by atoms with Crippen molar-refractivity contribution in [3.8, 4) is 0 Å². The van der Waals surface area contributed by atoms with E-state index in [9.17, 15) is 4.79 Å². The number of aliphatic hydroxyl groups excluding tert-OH is 1. The third-order valence-electron chi connectivity index (χ3n) is 2.03. The Morgan fingerprint density at radius 1 is 1.43 bits per heavy atom. The zero-order chi connectivity index (χ0) is 10.4. The zero-order valence-electron chi connectivity index (χ0n) is 8.19. The topological polar surface area (TPSA) is 37.3 Å². The molecule has 0 saturated carbocycles. The van der Waals surface area contributed by atoms with Crippen LogP contribution in [0.4, 0.5) is 0 Å². The van der Waals surface area contributed by atoms with Crippen LogP contribution in [0, 0.1) is 0 Å². The van der Waals surface area contributed by atoms with Gasteiger partial charge in [0.1, 0.15) is 0 Å². The van der Waals surface area contributed by atoms with Gasteiger partial charge in [0.15, 0.2) is 0 Å². The fourth-order valence-corrected chi connectivity index (χ4v) is 1.74. The summed E-state index contributed by atoms with van der Waals surface area (Å²) in [4.78, 5) is 11.5. The van der Waals surface area contributed by atoms with Crippen molar-refractivity contribution in [2.24, 2.45) is 0 Å². The van der Waals surface area contributed by atoms with E-state index < -0.39 is 0 Å². The van der Waals surface area contributed by atoms with Crippen molar-refractivity contribution in [1.82, 2.24) is 0 Å². The van der Waals surface area contributed by atoms with E-state index in [2.05, 4.69) is 0 Å². The predicted molar refractivity (Wildman–Crippen MR) is 59.7 cm³/mol. The summed E-state index contributed by atoms with van der Waals surface area (Å²) in [6.45, 7) is 0.168. The second kappa shape index (κ2) is 5.83. The molecule has 0 spiro atoms. The Morgan fingerprint density at radius 2 is 2.14 bits per heavy atom. The number of rotatable bonds is 4. The molecule has 0 fully saturated rings. The summed E-state index contributed by atoms with van der Waals surface area (Å²) in [6, 6.07) is 7.57. The van der Waals surface area contributed by atoms with Crippen LogP contribution in [-0.4, -0.2) is 23.1 Å². The highest BCUT2D eigenvalue weighted by Gasteiger charge is 2.08. The maximum atomic E-state index is 11.5. The van der Waals surface area contributed by atoms with Crippen molar-refractivity contribution in [1.29, 1.82) is 0 Å². The molecule has 0 aromatic heterocycles. The van der Waals surface area contributed by atoms with Gasteiger partial charge in [-0.1, -0.05) is 36.0 Å². The molecule has 1 aromatic carbocycles. The van der Waals surface area contributed by atoms with Crippen LogP contribution in [0.15, 0.2) is 24.3 Å². The first-order valence-corrected chi connectivity index (χ1v) is 5.79. The molecule has 0 unspecified atom stereocenters. The van der Waals surface area contributed by atoms with E-state index in [0.717, 1.165) is 17.5 Å². The molecule has 1 N–H and O–H groups in total. The highest BCUT2D eigenvalue weighted by Crippen LogP contribution is 2.16. The van der Waals surface area contributed by atoms with E-state index in [0.29, 0.717) is 6.42 Å². The van der Waals surface area contributed by atoms with Gasteiger partial charge in [-0.05, 0) is 24.7 Å². The molecule has 2 nitrogen and oxygen atoms in total. The van der Waals surface area contributed by atoms with E-state index >= 15 is 0 Å². The first-order chi connectivity index (χ1) is 6.79. The third kappa shape index (κ3) is 2.86. The standard InChI is InChI=1S/C11H14O2S/c1-14-11(13)10-7-3-2-5-9(10)6-4-8-12/h2-3,5,7,12H,4,6,8H2,1H3. The van der Waals surface area contributed by atoms with Crippen molar-refractivity contribution in [2.75, 3.05) is 12.9 Å². The van der Waals surface area contributed by atoms with Crippen LogP contribution in [0.2, 0.25) is 0 Å². The normalized spacial score (nSPS) is 10.1. The average molecular weight is 210 g/mol. The smallest absolute Gasteiger partial charge is 0.219 e. The summed E-state index contributed by atoms with van der Waals surface area (Å²) in [6.07, 6.45) is 3.25. The lowest BCUT2D eigenvalue weighted by Gasteiger charge is -2.05. The van der Waals surface area contributed by atoms with E-state index in [1.165, 1.54) is 11.8 Å². The molecule has 76 valence electrons. The molecule has 0 amide bonds. The molecule has 1 aromatic rings. The minimum Gasteiger partial charge on any atom is -0.396 e. The molecule has 14 heavy (non-hydrogen) atoms. The Bertz CT molecular complexity index is 310. The highest BCUT2D eigenvalue weighted by molar-refractivity contribution is 8.13. The SMILES string of the molecule is CSC(=O)c1ccccc1CCCO. The average Bonchev–Trinajstić information content (AvgIpc) is 2.25. The Morgan fingerprint density at radius 3 is 2.79 bits per heavy atom. The largest absolute Gasteiger partial charge is 0.396 e. The number of thioether (sulfide) groups is 1. The van der Waals surface area contributed by atoms with Gasteiger partial charge in [0.25, 0.3) is 0 Å². The van der Waals surface area contributed by atoms with Gasteiger partial charge in [0.05, 0.1) is 0 Å². The minimum absolute atomic E-state index is 0.0959. The van der Waals surface area contributed by atoms with Crippen LogP contribution in [-0.2, 0) is 6.42 Å². The van der Waals surface area contributed by atoms with Gasteiger partial charge >= 0.3 is 0 Å². The molecule has 0 aliphatic carbocycles. The number of benzene rings is 1. The maximum absolute atomic E-state index is 11.5. The second-order valence-electron chi connectivity index (χ2n) is 2.98. The van der Waals surface area contributed by atoms with Crippen molar-refractivity contribution < 1.29 is 9.90 Å². The Kier molecular flexibility index (Phi) is 4.70. The molecule has 1 rings (SSSR count). The van der Waals surface area contributed by atoms with Gasteiger partial charge in [0.2, 0.25) is 5.12 Å². The van der Waals surface area contributed by atoms with Crippen molar-refractivity contribution in [2.45, 2.75) is 12.8 Å². The van der Waals surface area contributed by atoms with Gasteiger partial charge in [-0.2, -0.15) is 0 Å². The Balaban J connectivity index is 2.85. The lowest BCUT2D eigenvalue weighted by atomic mass is 10.0. The van der Waals surface area contributed by atoms with Crippen molar-refractivity contribution in [3.63, 3.8) is 0 Å². The molecule has 0 atom stereocenters. The number of carbonyl (C=O) groups excluding carboxylic acids is 1. The molecule has 0 radical (unpaired) electrons. The van der Waals surface area contributed by atoms with Crippen LogP contribution >= 0.6 is 11.8 Å². The van der Waals surface area contributed by atoms with Crippen LogP contribution in [0.5, 0.6) is 0 Å². The molecule has 0 aliphatic rings. The van der Waals surface area contributed by atoms with Gasteiger partial charge in [-0.15, -0.1) is 0 Å². The fourth-order valence-electron chi connectivity index (χ4n) is 1.32. The van der Waals surface area contributed by atoms with Crippen LogP contribution in [0.3, 0.4) is 0 Å². The Hall–Kier alpha value is -0.800. The molecule has 0 heterocycles. The van der Waals surface area contributed by atoms with Gasteiger partial charge in [-0.3, -0.25) is 4.79 Å². The first kappa shape index (κ1) is 11.3. The van der Waals surface area contributed by atoms with E-state index in [1.807, 2.05) is 24.3 Å². The number of hydrogen-bond donors (Lipinski definition) is 1. The highest BCUT2D eigenvalue weighted by atomic mass is 32.2. The third-order valence-corrected chi connectivity index (χ3v) is 2.62. The summed E-state index contributed by atoms with van der Waals surface area (Å²) >= 11 is 1.22. The number of aryl methyl sites for hydroxylation is 1. The van der Waals surface area contributed by atoms with E-state index in [1.54, 1.807) is 6.26 Å². The summed E-state index contributed by atoms with van der Waals surface area (Å²) < 4.78 is 0. The summed E-state index contributed by atoms with van der Waals surface area (Å²) in [5.41, 5.74) is 1.80. The Labute approximate surface area is 88.3 Å². The number of aliphatic hydroxyl groups is 1. The summed E-state index contributed by atoms with van der Waals surface area (Å²) in [5.74, 6) is 0. The monoisotopic (exact) mass is 210 g/mol. The summed E-state index contributed by atoms with van der Waals surface area (Å²) in [7, 11) is 0. The molecule has 0 saturated heterocycles. The molecule has 0 bridgehead atoms. The molecule has 0 aliphatic heterocycles. The molecular weight excluding hydrogens is 196 g/mol.